The second-order valence-corrected chi connectivity index (χ2v) is 4.77. The van der Waals surface area contributed by atoms with Gasteiger partial charge in [-0.15, -0.1) is 23.6 Å². The summed E-state index contributed by atoms with van der Waals surface area (Å²) in [7, 11) is 1.98. The minimum Gasteiger partial charge on any atom is -0.313 e. The molecule has 0 aromatic heterocycles. The predicted molar refractivity (Wildman–Crippen MR) is 72.7 cm³/mol. The van der Waals surface area contributed by atoms with Crippen LogP contribution in [0, 0.1) is 11.8 Å². The van der Waals surface area contributed by atoms with Gasteiger partial charge in [0.2, 0.25) is 0 Å². The molecule has 1 N–H and O–H groups in total. The lowest BCUT2D eigenvalue weighted by Crippen LogP contribution is -2.11. The average molecular weight is 233 g/mol. The van der Waals surface area contributed by atoms with Crippen molar-refractivity contribution in [1.82, 2.24) is 5.32 Å². The van der Waals surface area contributed by atoms with Crippen molar-refractivity contribution in [2.45, 2.75) is 31.2 Å². The van der Waals surface area contributed by atoms with Gasteiger partial charge < -0.3 is 5.32 Å². The predicted octanol–water partition coefficient (Wildman–Crippen LogP) is 3.47. The molecule has 1 atom stereocenters. The first-order valence-corrected chi connectivity index (χ1v) is 6.56. The normalized spacial score (nSPS) is 11.7. The first-order valence-electron chi connectivity index (χ1n) is 5.57. The fourth-order valence-corrected chi connectivity index (χ4v) is 2.13. The molecule has 0 fully saturated rings. The van der Waals surface area contributed by atoms with Crippen molar-refractivity contribution < 1.29 is 0 Å². The van der Waals surface area contributed by atoms with E-state index in [9.17, 15) is 0 Å². The molecule has 0 amide bonds. The second-order valence-electron chi connectivity index (χ2n) is 3.60. The minimum absolute atomic E-state index is 0.421. The fourth-order valence-electron chi connectivity index (χ4n) is 1.36. The molecule has 2 heteroatoms. The van der Waals surface area contributed by atoms with Gasteiger partial charge in [0.1, 0.15) is 0 Å². The van der Waals surface area contributed by atoms with Crippen LogP contribution in [-0.4, -0.2) is 12.8 Å². The van der Waals surface area contributed by atoms with Crippen LogP contribution in [0.25, 0.3) is 0 Å². The first kappa shape index (κ1) is 13.2. The van der Waals surface area contributed by atoms with Crippen molar-refractivity contribution in [3.05, 3.63) is 29.8 Å². The molecule has 1 aromatic carbocycles. The van der Waals surface area contributed by atoms with Crippen LogP contribution < -0.4 is 5.32 Å². The van der Waals surface area contributed by atoms with Crippen LogP contribution in [0.15, 0.2) is 29.2 Å². The lowest BCUT2D eigenvalue weighted by molar-refractivity contribution is 0.652. The highest BCUT2D eigenvalue weighted by Gasteiger charge is 2.01. The zero-order valence-electron chi connectivity index (χ0n) is 10.2. The van der Waals surface area contributed by atoms with E-state index in [0.29, 0.717) is 6.04 Å². The Bertz CT molecular complexity index is 359. The topological polar surface area (TPSA) is 12.0 Å². The Balaban J connectivity index is 2.47. The molecule has 0 spiro atoms. The summed E-state index contributed by atoms with van der Waals surface area (Å²) in [5.41, 5.74) is 1.33. The van der Waals surface area contributed by atoms with E-state index < -0.39 is 0 Å². The standard InChI is InChI=1S/C14H19NS/c1-4-5-6-11-16-14-9-7-13(8-10-14)12(2)15-3/h7-10,12,15H,6,11H2,1-3H3. The molecule has 0 aliphatic heterocycles. The van der Waals surface area contributed by atoms with Gasteiger partial charge in [-0.2, -0.15) is 0 Å². The van der Waals surface area contributed by atoms with E-state index in [-0.39, 0.29) is 0 Å². The van der Waals surface area contributed by atoms with E-state index in [1.54, 1.807) is 0 Å². The maximum Gasteiger partial charge on any atom is 0.0289 e. The third-order valence-corrected chi connectivity index (χ3v) is 3.50. The van der Waals surface area contributed by atoms with Crippen LogP contribution >= 0.6 is 11.8 Å². The zero-order valence-corrected chi connectivity index (χ0v) is 11.0. The van der Waals surface area contributed by atoms with Gasteiger partial charge in [-0.3, -0.25) is 0 Å². The number of rotatable bonds is 5. The Hall–Kier alpha value is -0.910. The molecule has 1 nitrogen and oxygen atoms in total. The highest BCUT2D eigenvalue weighted by molar-refractivity contribution is 7.99. The van der Waals surface area contributed by atoms with E-state index in [1.165, 1.54) is 10.5 Å². The first-order chi connectivity index (χ1) is 7.77. The summed E-state index contributed by atoms with van der Waals surface area (Å²) in [4.78, 5) is 1.32. The van der Waals surface area contributed by atoms with Gasteiger partial charge in [0, 0.05) is 23.1 Å². The monoisotopic (exact) mass is 233 g/mol. The van der Waals surface area contributed by atoms with Crippen molar-refractivity contribution in [1.29, 1.82) is 0 Å². The molecule has 0 saturated carbocycles. The Labute approximate surface area is 103 Å². The van der Waals surface area contributed by atoms with Gasteiger partial charge in [-0.05, 0) is 38.6 Å². The van der Waals surface area contributed by atoms with Crippen LogP contribution in [0.3, 0.4) is 0 Å². The van der Waals surface area contributed by atoms with E-state index in [4.69, 9.17) is 0 Å². The van der Waals surface area contributed by atoms with Gasteiger partial charge in [0.15, 0.2) is 0 Å². The van der Waals surface area contributed by atoms with Gasteiger partial charge in [-0.1, -0.05) is 12.1 Å². The van der Waals surface area contributed by atoms with Gasteiger partial charge >= 0.3 is 0 Å². The SMILES string of the molecule is CC#CCCSc1ccc(C(C)NC)cc1. The number of hydrogen-bond donors (Lipinski definition) is 1. The molecule has 0 saturated heterocycles. The molecule has 16 heavy (non-hydrogen) atoms. The average Bonchev–Trinajstić information content (AvgIpc) is 2.34. The Morgan fingerprint density at radius 1 is 1.31 bits per heavy atom. The molecule has 0 heterocycles. The molecule has 1 rings (SSSR count). The molecule has 1 unspecified atom stereocenters. The van der Waals surface area contributed by atoms with Crippen molar-refractivity contribution in [2.75, 3.05) is 12.8 Å². The number of nitrogens with one attached hydrogen (secondary N) is 1. The maximum absolute atomic E-state index is 3.24. The highest BCUT2D eigenvalue weighted by atomic mass is 32.2. The van der Waals surface area contributed by atoms with Gasteiger partial charge in [0.25, 0.3) is 0 Å². The summed E-state index contributed by atoms with van der Waals surface area (Å²) >= 11 is 1.87. The largest absolute Gasteiger partial charge is 0.313 e. The lowest BCUT2D eigenvalue weighted by atomic mass is 10.1. The van der Waals surface area contributed by atoms with Crippen molar-refractivity contribution in [2.24, 2.45) is 0 Å². The smallest absolute Gasteiger partial charge is 0.0289 e. The van der Waals surface area contributed by atoms with E-state index in [0.717, 1.165) is 12.2 Å². The summed E-state index contributed by atoms with van der Waals surface area (Å²) < 4.78 is 0. The summed E-state index contributed by atoms with van der Waals surface area (Å²) in [6.07, 6.45) is 0.968. The summed E-state index contributed by atoms with van der Waals surface area (Å²) in [5, 5.41) is 3.24. The maximum atomic E-state index is 3.24. The van der Waals surface area contributed by atoms with E-state index in [2.05, 4.69) is 48.3 Å². The molecule has 0 aliphatic carbocycles. The lowest BCUT2D eigenvalue weighted by Gasteiger charge is -2.10. The van der Waals surface area contributed by atoms with Crippen LogP contribution in [0.2, 0.25) is 0 Å². The molecule has 86 valence electrons. The van der Waals surface area contributed by atoms with Crippen LogP contribution in [0.4, 0.5) is 0 Å². The van der Waals surface area contributed by atoms with Crippen LogP contribution in [-0.2, 0) is 0 Å². The number of thioether (sulfide) groups is 1. The third-order valence-electron chi connectivity index (χ3n) is 2.49. The number of hydrogen-bond acceptors (Lipinski definition) is 2. The van der Waals surface area contributed by atoms with Crippen LogP contribution in [0.1, 0.15) is 31.9 Å². The molecule has 0 aliphatic rings. The zero-order chi connectivity index (χ0) is 11.8. The summed E-state index contributed by atoms with van der Waals surface area (Å²) in [6, 6.07) is 9.18. The molecular weight excluding hydrogens is 214 g/mol. The molecule has 1 aromatic rings. The van der Waals surface area contributed by atoms with Crippen molar-refractivity contribution in [3.63, 3.8) is 0 Å². The van der Waals surface area contributed by atoms with Gasteiger partial charge in [0.05, 0.1) is 0 Å². The molecular formula is C14H19NS. The Kier molecular flexibility index (Phi) is 6.07. The Morgan fingerprint density at radius 3 is 2.56 bits per heavy atom. The van der Waals surface area contributed by atoms with Gasteiger partial charge in [-0.25, -0.2) is 0 Å². The summed E-state index contributed by atoms with van der Waals surface area (Å²) in [5.74, 6) is 7.06. The third kappa shape index (κ3) is 4.30. The second kappa shape index (κ2) is 7.38. The minimum atomic E-state index is 0.421. The highest BCUT2D eigenvalue weighted by Crippen LogP contribution is 2.21. The van der Waals surface area contributed by atoms with E-state index >= 15 is 0 Å². The van der Waals surface area contributed by atoms with Crippen molar-refractivity contribution in [3.8, 4) is 11.8 Å². The van der Waals surface area contributed by atoms with E-state index in [1.807, 2.05) is 25.7 Å². The quantitative estimate of drug-likeness (QED) is 0.475. The Morgan fingerprint density at radius 2 is 2.00 bits per heavy atom. The fraction of sp³-hybridized carbons (Fsp3) is 0.429. The van der Waals surface area contributed by atoms with Crippen LogP contribution in [0.5, 0.6) is 0 Å². The number of benzene rings is 1. The summed E-state index contributed by atoms with van der Waals surface area (Å²) in [6.45, 7) is 4.05. The molecule has 0 radical (unpaired) electrons. The van der Waals surface area contributed by atoms with Crippen molar-refractivity contribution >= 4 is 11.8 Å². The molecule has 0 bridgehead atoms.